The number of carbonyl (C=O) groups is 2. The van der Waals surface area contributed by atoms with E-state index in [9.17, 15) is 9.59 Å². The lowest BCUT2D eigenvalue weighted by Crippen LogP contribution is -2.19. The first-order valence-electron chi connectivity index (χ1n) is 6.35. The maximum Gasteiger partial charge on any atom is 0.339 e. The standard InChI is InChI=1S/C15H19NO3/c1-9-5-6-12(10(7-9)14(18)19-4)16-13(17)11-8-15(11,2)3/h5-7,11H,8H2,1-4H3,(H,16,17). The minimum atomic E-state index is -0.436. The number of methoxy groups -OCH3 is 1. The van der Waals surface area contributed by atoms with Crippen molar-refractivity contribution in [1.82, 2.24) is 0 Å². The smallest absolute Gasteiger partial charge is 0.339 e. The molecule has 1 atom stereocenters. The van der Waals surface area contributed by atoms with Gasteiger partial charge < -0.3 is 10.1 Å². The van der Waals surface area contributed by atoms with Gasteiger partial charge in [-0.3, -0.25) is 4.79 Å². The SMILES string of the molecule is COC(=O)c1cc(C)ccc1NC(=O)C1CC1(C)C. The number of anilines is 1. The maximum absolute atomic E-state index is 12.1. The lowest BCUT2D eigenvalue weighted by atomic mass is 10.1. The van der Waals surface area contributed by atoms with Gasteiger partial charge in [0.05, 0.1) is 18.4 Å². The third-order valence-corrected chi connectivity index (χ3v) is 3.67. The molecule has 0 radical (unpaired) electrons. The van der Waals surface area contributed by atoms with Crippen LogP contribution in [0.3, 0.4) is 0 Å². The second-order valence-corrected chi connectivity index (χ2v) is 5.78. The summed E-state index contributed by atoms with van der Waals surface area (Å²) >= 11 is 0. The predicted molar refractivity (Wildman–Crippen MR) is 73.0 cm³/mol. The summed E-state index contributed by atoms with van der Waals surface area (Å²) in [5.41, 5.74) is 1.94. The highest BCUT2D eigenvalue weighted by Gasteiger charge is 2.50. The van der Waals surface area contributed by atoms with Crippen molar-refractivity contribution in [3.8, 4) is 0 Å². The van der Waals surface area contributed by atoms with Crippen LogP contribution in [0.5, 0.6) is 0 Å². The Hall–Kier alpha value is -1.84. The van der Waals surface area contributed by atoms with Crippen molar-refractivity contribution in [2.45, 2.75) is 27.2 Å². The molecular formula is C15H19NO3. The van der Waals surface area contributed by atoms with Gasteiger partial charge in [0.15, 0.2) is 0 Å². The number of hydrogen-bond acceptors (Lipinski definition) is 3. The summed E-state index contributed by atoms with van der Waals surface area (Å²) in [5.74, 6) is -0.438. The molecule has 1 aromatic rings. The summed E-state index contributed by atoms with van der Waals surface area (Å²) in [5, 5.41) is 2.83. The molecule has 0 bridgehead atoms. The van der Waals surface area contributed by atoms with Gasteiger partial charge in [-0.15, -0.1) is 0 Å². The molecule has 1 aliphatic rings. The topological polar surface area (TPSA) is 55.4 Å². The number of carbonyl (C=O) groups excluding carboxylic acids is 2. The first kappa shape index (κ1) is 13.6. The fourth-order valence-electron chi connectivity index (χ4n) is 2.18. The molecule has 1 N–H and O–H groups in total. The Morgan fingerprint density at radius 1 is 1.37 bits per heavy atom. The van der Waals surface area contributed by atoms with Crippen molar-refractivity contribution in [1.29, 1.82) is 0 Å². The molecular weight excluding hydrogens is 242 g/mol. The summed E-state index contributed by atoms with van der Waals surface area (Å²) in [6.07, 6.45) is 0.887. The van der Waals surface area contributed by atoms with E-state index in [1.165, 1.54) is 7.11 Å². The number of aryl methyl sites for hydroxylation is 1. The normalized spacial score (nSPS) is 19.7. The number of ether oxygens (including phenoxy) is 1. The van der Waals surface area contributed by atoms with Crippen LogP contribution in [-0.2, 0) is 9.53 Å². The van der Waals surface area contributed by atoms with Crippen LogP contribution < -0.4 is 5.32 Å². The number of hydrogen-bond donors (Lipinski definition) is 1. The fourth-order valence-corrected chi connectivity index (χ4v) is 2.18. The molecule has 0 saturated heterocycles. The average Bonchev–Trinajstić information content (AvgIpc) is 3.00. The Morgan fingerprint density at radius 3 is 2.53 bits per heavy atom. The third kappa shape index (κ3) is 2.78. The van der Waals surface area contributed by atoms with Gasteiger partial charge in [0.2, 0.25) is 5.91 Å². The Balaban J connectivity index is 2.20. The molecule has 1 saturated carbocycles. The van der Waals surface area contributed by atoms with Crippen molar-refractivity contribution in [2.75, 3.05) is 12.4 Å². The molecule has 102 valence electrons. The van der Waals surface area contributed by atoms with Gasteiger partial charge in [-0.2, -0.15) is 0 Å². The highest BCUT2D eigenvalue weighted by Crippen LogP contribution is 2.52. The first-order valence-corrected chi connectivity index (χ1v) is 6.35. The molecule has 0 heterocycles. The minimum absolute atomic E-state index is 0.0271. The predicted octanol–water partition coefficient (Wildman–Crippen LogP) is 2.77. The molecule has 0 aromatic heterocycles. The molecule has 2 rings (SSSR count). The highest BCUT2D eigenvalue weighted by atomic mass is 16.5. The van der Waals surface area contributed by atoms with Gasteiger partial charge in [-0.1, -0.05) is 25.5 Å². The quantitative estimate of drug-likeness (QED) is 0.851. The van der Waals surface area contributed by atoms with E-state index in [2.05, 4.69) is 19.2 Å². The molecule has 0 aliphatic heterocycles. The Bertz CT molecular complexity index is 534. The van der Waals surface area contributed by atoms with E-state index >= 15 is 0 Å². The molecule has 1 amide bonds. The monoisotopic (exact) mass is 261 g/mol. The second-order valence-electron chi connectivity index (χ2n) is 5.78. The van der Waals surface area contributed by atoms with E-state index in [4.69, 9.17) is 4.74 Å². The fraction of sp³-hybridized carbons (Fsp3) is 0.467. The zero-order chi connectivity index (χ0) is 14.2. The van der Waals surface area contributed by atoms with Crippen molar-refractivity contribution in [2.24, 2.45) is 11.3 Å². The summed E-state index contributed by atoms with van der Waals surface area (Å²) in [6.45, 7) is 6.02. The van der Waals surface area contributed by atoms with E-state index in [1.807, 2.05) is 13.0 Å². The molecule has 19 heavy (non-hydrogen) atoms. The van der Waals surface area contributed by atoms with Gasteiger partial charge in [-0.05, 0) is 30.9 Å². The lowest BCUT2D eigenvalue weighted by Gasteiger charge is -2.11. The summed E-state index contributed by atoms with van der Waals surface area (Å²) in [6, 6.07) is 5.33. The van der Waals surface area contributed by atoms with E-state index in [1.54, 1.807) is 12.1 Å². The van der Waals surface area contributed by atoms with Crippen molar-refractivity contribution in [3.63, 3.8) is 0 Å². The van der Waals surface area contributed by atoms with Gasteiger partial charge in [0.25, 0.3) is 0 Å². The van der Waals surface area contributed by atoms with Crippen LogP contribution in [0, 0.1) is 18.3 Å². The zero-order valence-electron chi connectivity index (χ0n) is 11.7. The minimum Gasteiger partial charge on any atom is -0.465 e. The Morgan fingerprint density at radius 2 is 2.00 bits per heavy atom. The molecule has 0 spiro atoms. The summed E-state index contributed by atoms with van der Waals surface area (Å²) in [4.78, 5) is 23.8. The average molecular weight is 261 g/mol. The van der Waals surface area contributed by atoms with Crippen molar-refractivity contribution >= 4 is 17.6 Å². The molecule has 1 aliphatic carbocycles. The number of benzene rings is 1. The lowest BCUT2D eigenvalue weighted by molar-refractivity contribution is -0.118. The number of rotatable bonds is 3. The van der Waals surface area contributed by atoms with Crippen molar-refractivity contribution in [3.05, 3.63) is 29.3 Å². The van der Waals surface area contributed by atoms with Crippen LogP contribution in [-0.4, -0.2) is 19.0 Å². The van der Waals surface area contributed by atoms with E-state index in [0.717, 1.165) is 12.0 Å². The highest BCUT2D eigenvalue weighted by molar-refractivity contribution is 6.02. The molecule has 4 nitrogen and oxygen atoms in total. The van der Waals surface area contributed by atoms with E-state index < -0.39 is 5.97 Å². The van der Waals surface area contributed by atoms with Gasteiger partial charge in [0, 0.05) is 5.92 Å². The van der Waals surface area contributed by atoms with Crippen molar-refractivity contribution < 1.29 is 14.3 Å². The van der Waals surface area contributed by atoms with Crippen LogP contribution in [0.2, 0.25) is 0 Å². The van der Waals surface area contributed by atoms with E-state index in [-0.39, 0.29) is 17.2 Å². The summed E-state index contributed by atoms with van der Waals surface area (Å²) in [7, 11) is 1.33. The first-order chi connectivity index (χ1) is 8.85. The molecule has 4 heteroatoms. The zero-order valence-corrected chi connectivity index (χ0v) is 11.7. The van der Waals surface area contributed by atoms with Crippen LogP contribution in [0.15, 0.2) is 18.2 Å². The van der Waals surface area contributed by atoms with E-state index in [0.29, 0.717) is 11.3 Å². The summed E-state index contributed by atoms with van der Waals surface area (Å²) < 4.78 is 4.74. The largest absolute Gasteiger partial charge is 0.465 e. The molecule has 1 fully saturated rings. The van der Waals surface area contributed by atoms with Gasteiger partial charge >= 0.3 is 5.97 Å². The van der Waals surface area contributed by atoms with Crippen LogP contribution in [0.4, 0.5) is 5.69 Å². The van der Waals surface area contributed by atoms with Gasteiger partial charge in [-0.25, -0.2) is 4.79 Å². The number of esters is 1. The molecule has 1 aromatic carbocycles. The Kier molecular flexibility index (Phi) is 3.35. The second kappa shape index (κ2) is 4.68. The number of nitrogens with one attached hydrogen (secondary N) is 1. The Labute approximate surface area is 113 Å². The van der Waals surface area contributed by atoms with Crippen LogP contribution in [0.1, 0.15) is 36.2 Å². The maximum atomic E-state index is 12.1. The third-order valence-electron chi connectivity index (χ3n) is 3.67. The number of amides is 1. The van der Waals surface area contributed by atoms with Crippen LogP contribution in [0.25, 0.3) is 0 Å². The van der Waals surface area contributed by atoms with Gasteiger partial charge in [0.1, 0.15) is 0 Å². The molecule has 1 unspecified atom stereocenters. The van der Waals surface area contributed by atoms with Crippen LogP contribution >= 0.6 is 0 Å².